The van der Waals surface area contributed by atoms with Crippen LogP contribution in [-0.2, 0) is 19.1 Å². The quantitative estimate of drug-likeness (QED) is 0.685. The van der Waals surface area contributed by atoms with Gasteiger partial charge in [0, 0.05) is 24.7 Å². The lowest BCUT2D eigenvalue weighted by molar-refractivity contribution is -0.151. The average Bonchev–Trinajstić information content (AvgIpc) is 3.15. The molecule has 1 atom stereocenters. The summed E-state index contributed by atoms with van der Waals surface area (Å²) in [6, 6.07) is 10.7. The Morgan fingerprint density at radius 2 is 1.90 bits per heavy atom. The van der Waals surface area contributed by atoms with Crippen LogP contribution in [0.15, 0.2) is 36.4 Å². The van der Waals surface area contributed by atoms with Crippen molar-refractivity contribution in [1.82, 2.24) is 0 Å². The van der Waals surface area contributed by atoms with E-state index in [1.165, 1.54) is 14.2 Å². The van der Waals surface area contributed by atoms with Gasteiger partial charge in [0.2, 0.25) is 5.91 Å². The first-order valence-electron chi connectivity index (χ1n) is 9.89. The second kappa shape index (κ2) is 9.51. The molecule has 0 radical (unpaired) electrons. The van der Waals surface area contributed by atoms with Crippen molar-refractivity contribution < 1.29 is 28.6 Å². The van der Waals surface area contributed by atoms with Gasteiger partial charge in [0.05, 0.1) is 25.8 Å². The van der Waals surface area contributed by atoms with Gasteiger partial charge in [-0.25, -0.2) is 0 Å². The van der Waals surface area contributed by atoms with E-state index in [4.69, 9.17) is 14.2 Å². The number of hydrogen-bond donors (Lipinski definition) is 1. The molecule has 1 heterocycles. The Morgan fingerprint density at radius 1 is 1.13 bits per heavy atom. The van der Waals surface area contributed by atoms with Gasteiger partial charge in [0.1, 0.15) is 11.5 Å². The highest BCUT2D eigenvalue weighted by molar-refractivity contribution is 6.00. The number of methoxy groups -OCH3 is 2. The molecule has 0 saturated carbocycles. The molecular weight excluding hydrogens is 400 g/mol. The van der Waals surface area contributed by atoms with E-state index in [0.717, 1.165) is 16.8 Å². The van der Waals surface area contributed by atoms with Gasteiger partial charge in [-0.2, -0.15) is 0 Å². The molecule has 164 valence electrons. The average molecular weight is 426 g/mol. The number of carbonyl (C=O) groups excluding carboxylic acids is 3. The van der Waals surface area contributed by atoms with E-state index in [1.807, 2.05) is 32.0 Å². The van der Waals surface area contributed by atoms with E-state index in [2.05, 4.69) is 5.32 Å². The summed E-state index contributed by atoms with van der Waals surface area (Å²) in [5, 5.41) is 2.64. The van der Waals surface area contributed by atoms with Crippen LogP contribution in [0.2, 0.25) is 0 Å². The highest BCUT2D eigenvalue weighted by atomic mass is 16.5. The zero-order chi connectivity index (χ0) is 22.5. The van der Waals surface area contributed by atoms with Crippen LogP contribution in [0.4, 0.5) is 11.4 Å². The van der Waals surface area contributed by atoms with Crippen LogP contribution in [0.5, 0.6) is 11.5 Å². The fourth-order valence-electron chi connectivity index (χ4n) is 3.47. The zero-order valence-electron chi connectivity index (χ0n) is 18.1. The molecule has 1 N–H and O–H groups in total. The molecule has 0 bridgehead atoms. The number of ether oxygens (including phenoxy) is 3. The number of nitrogens with zero attached hydrogens (tertiary/aromatic N) is 1. The lowest BCUT2D eigenvalue weighted by atomic mass is 10.1. The summed E-state index contributed by atoms with van der Waals surface area (Å²) in [5.41, 5.74) is 3.30. The van der Waals surface area contributed by atoms with Gasteiger partial charge in [-0.3, -0.25) is 14.4 Å². The minimum absolute atomic E-state index is 0.0557. The zero-order valence-corrected chi connectivity index (χ0v) is 18.1. The van der Waals surface area contributed by atoms with Gasteiger partial charge < -0.3 is 24.4 Å². The molecule has 0 aliphatic carbocycles. The number of esters is 1. The molecule has 1 fully saturated rings. The van der Waals surface area contributed by atoms with Gasteiger partial charge in [-0.15, -0.1) is 0 Å². The Bertz CT molecular complexity index is 1000. The molecule has 2 amide bonds. The molecule has 1 saturated heterocycles. The third-order valence-electron chi connectivity index (χ3n) is 5.35. The molecule has 2 aromatic rings. The van der Waals surface area contributed by atoms with Crippen molar-refractivity contribution >= 4 is 29.2 Å². The largest absolute Gasteiger partial charge is 0.497 e. The van der Waals surface area contributed by atoms with Gasteiger partial charge in [-0.05, 0) is 43.2 Å². The fourth-order valence-corrected chi connectivity index (χ4v) is 3.47. The number of rotatable bonds is 7. The first-order chi connectivity index (χ1) is 14.8. The third-order valence-corrected chi connectivity index (χ3v) is 5.35. The SMILES string of the molecule is COc1ccc(NC(=O)COC(=O)[C@@H]2CC(=O)N(c3cccc(C)c3C)C2)c(OC)c1. The molecule has 0 aromatic heterocycles. The van der Waals surface area contributed by atoms with Crippen LogP contribution in [0.1, 0.15) is 17.5 Å². The molecule has 8 nitrogen and oxygen atoms in total. The van der Waals surface area contributed by atoms with Crippen LogP contribution >= 0.6 is 0 Å². The first kappa shape index (κ1) is 22.1. The van der Waals surface area contributed by atoms with Crippen molar-refractivity contribution in [2.24, 2.45) is 5.92 Å². The lowest BCUT2D eigenvalue weighted by Crippen LogP contribution is -2.28. The van der Waals surface area contributed by atoms with E-state index in [1.54, 1.807) is 23.1 Å². The van der Waals surface area contributed by atoms with Gasteiger partial charge in [-0.1, -0.05) is 12.1 Å². The molecule has 0 unspecified atom stereocenters. The summed E-state index contributed by atoms with van der Waals surface area (Å²) in [6.45, 7) is 3.70. The van der Waals surface area contributed by atoms with E-state index >= 15 is 0 Å². The number of nitrogens with one attached hydrogen (secondary N) is 1. The summed E-state index contributed by atoms with van der Waals surface area (Å²) < 4.78 is 15.5. The summed E-state index contributed by atoms with van der Waals surface area (Å²) in [6.07, 6.45) is 0.0557. The Labute approximate surface area is 181 Å². The number of benzene rings is 2. The molecule has 0 spiro atoms. The number of amides is 2. The Kier molecular flexibility index (Phi) is 6.79. The number of aryl methyl sites for hydroxylation is 1. The molecule has 31 heavy (non-hydrogen) atoms. The van der Waals surface area contributed by atoms with Crippen molar-refractivity contribution in [1.29, 1.82) is 0 Å². The smallest absolute Gasteiger partial charge is 0.311 e. The van der Waals surface area contributed by atoms with Gasteiger partial charge in [0.15, 0.2) is 6.61 Å². The number of carbonyl (C=O) groups is 3. The van der Waals surface area contributed by atoms with Crippen molar-refractivity contribution in [2.45, 2.75) is 20.3 Å². The monoisotopic (exact) mass is 426 g/mol. The summed E-state index contributed by atoms with van der Waals surface area (Å²) in [7, 11) is 3.00. The highest BCUT2D eigenvalue weighted by Gasteiger charge is 2.37. The van der Waals surface area contributed by atoms with E-state index < -0.39 is 24.4 Å². The Morgan fingerprint density at radius 3 is 2.61 bits per heavy atom. The van der Waals surface area contributed by atoms with Crippen LogP contribution in [0.3, 0.4) is 0 Å². The Balaban J connectivity index is 1.57. The molecule has 2 aromatic carbocycles. The number of hydrogen-bond acceptors (Lipinski definition) is 6. The van der Waals surface area contributed by atoms with Crippen molar-refractivity contribution in [3.63, 3.8) is 0 Å². The maximum atomic E-state index is 12.5. The summed E-state index contributed by atoms with van der Waals surface area (Å²) in [5.74, 6) is -0.825. The topological polar surface area (TPSA) is 94.2 Å². The first-order valence-corrected chi connectivity index (χ1v) is 9.89. The van der Waals surface area contributed by atoms with Gasteiger partial charge >= 0.3 is 5.97 Å². The normalized spacial score (nSPS) is 15.5. The van der Waals surface area contributed by atoms with Gasteiger partial charge in [0.25, 0.3) is 5.91 Å². The second-order valence-electron chi connectivity index (χ2n) is 7.35. The molecule has 1 aliphatic rings. The third kappa shape index (κ3) is 4.96. The standard InChI is InChI=1S/C23H26N2O6/c1-14-6-5-7-19(15(14)2)25-12-16(10-22(25)27)23(28)31-13-21(26)24-18-9-8-17(29-3)11-20(18)30-4/h5-9,11,16H,10,12-13H2,1-4H3,(H,24,26)/t16-/m1/s1. The highest BCUT2D eigenvalue weighted by Crippen LogP contribution is 2.30. The molecule has 8 heteroatoms. The van der Waals surface area contributed by atoms with Crippen molar-refractivity contribution in [3.8, 4) is 11.5 Å². The maximum absolute atomic E-state index is 12.5. The minimum atomic E-state index is -0.615. The van der Waals surface area contributed by atoms with Crippen LogP contribution in [-0.4, -0.2) is 45.2 Å². The van der Waals surface area contributed by atoms with E-state index in [9.17, 15) is 14.4 Å². The van der Waals surface area contributed by atoms with Crippen molar-refractivity contribution in [2.75, 3.05) is 37.6 Å². The fraction of sp³-hybridized carbons (Fsp3) is 0.348. The second-order valence-corrected chi connectivity index (χ2v) is 7.35. The molecule has 1 aliphatic heterocycles. The molecular formula is C23H26N2O6. The van der Waals surface area contributed by atoms with Crippen LogP contribution in [0.25, 0.3) is 0 Å². The van der Waals surface area contributed by atoms with E-state index in [-0.39, 0.29) is 18.9 Å². The Hall–Kier alpha value is -3.55. The van der Waals surface area contributed by atoms with Crippen molar-refractivity contribution in [3.05, 3.63) is 47.5 Å². The van der Waals surface area contributed by atoms with Crippen LogP contribution in [0, 0.1) is 19.8 Å². The summed E-state index contributed by atoms with van der Waals surface area (Å²) >= 11 is 0. The molecule has 3 rings (SSSR count). The number of anilines is 2. The van der Waals surface area contributed by atoms with Crippen LogP contribution < -0.4 is 19.7 Å². The predicted molar refractivity (Wildman–Crippen MR) is 116 cm³/mol. The minimum Gasteiger partial charge on any atom is -0.497 e. The lowest BCUT2D eigenvalue weighted by Gasteiger charge is -2.20. The summed E-state index contributed by atoms with van der Waals surface area (Å²) in [4.78, 5) is 38.8. The van der Waals surface area contributed by atoms with E-state index in [0.29, 0.717) is 17.2 Å². The maximum Gasteiger partial charge on any atom is 0.311 e. The predicted octanol–water partition coefficient (Wildman–Crippen LogP) is 2.86.